The highest BCUT2D eigenvalue weighted by molar-refractivity contribution is 4.77. The Kier molecular flexibility index (Phi) is 13.6. The van der Waals surface area contributed by atoms with Gasteiger partial charge in [0, 0.05) is 0 Å². The summed E-state index contributed by atoms with van der Waals surface area (Å²) in [6.45, 7) is 8.31. The molecule has 0 aromatic rings. The maximum absolute atomic E-state index is 12.3. The number of hydrogen-bond acceptors (Lipinski definition) is 0. The third-order valence-corrected chi connectivity index (χ3v) is 4.80. The average molecular weight is 298 g/mol. The van der Waals surface area contributed by atoms with Crippen molar-refractivity contribution in [3.63, 3.8) is 0 Å². The summed E-state index contributed by atoms with van der Waals surface area (Å²) < 4.78 is 0. The van der Waals surface area contributed by atoms with Crippen LogP contribution in [0.2, 0.25) is 0 Å². The van der Waals surface area contributed by atoms with Gasteiger partial charge in [-0.25, -0.2) is 5.11 Å². The van der Waals surface area contributed by atoms with Crippen molar-refractivity contribution in [1.82, 2.24) is 0 Å². The van der Waals surface area contributed by atoms with Gasteiger partial charge in [-0.15, -0.1) is 0 Å². The molecule has 0 aromatic heterocycles. The molecule has 0 aliphatic carbocycles. The SMILES string of the molecule is CCCCCCCCC(CCCCCCCC)C(C)(C)[O]. The van der Waals surface area contributed by atoms with Crippen LogP contribution in [-0.4, -0.2) is 5.60 Å². The summed E-state index contributed by atoms with van der Waals surface area (Å²) in [5, 5.41) is 12.3. The van der Waals surface area contributed by atoms with Crippen molar-refractivity contribution in [3.05, 3.63) is 0 Å². The van der Waals surface area contributed by atoms with Gasteiger partial charge in [0.2, 0.25) is 0 Å². The first-order chi connectivity index (χ1) is 10.0. The number of hydrogen-bond donors (Lipinski definition) is 0. The summed E-state index contributed by atoms with van der Waals surface area (Å²) in [4.78, 5) is 0. The van der Waals surface area contributed by atoms with Gasteiger partial charge in [0.05, 0.1) is 0 Å². The summed E-state index contributed by atoms with van der Waals surface area (Å²) >= 11 is 0. The van der Waals surface area contributed by atoms with Gasteiger partial charge in [0.15, 0.2) is 0 Å². The highest BCUT2D eigenvalue weighted by Crippen LogP contribution is 2.29. The topological polar surface area (TPSA) is 19.9 Å². The molecule has 1 nitrogen and oxygen atoms in total. The largest absolute Gasteiger partial charge is 0.230 e. The second kappa shape index (κ2) is 13.6. The lowest BCUT2D eigenvalue weighted by molar-refractivity contribution is -0.0539. The lowest BCUT2D eigenvalue weighted by Crippen LogP contribution is -2.29. The molecule has 0 atom stereocenters. The predicted octanol–water partition coefficient (Wildman–Crippen LogP) is 7.31. The van der Waals surface area contributed by atoms with Crippen LogP contribution < -0.4 is 0 Å². The van der Waals surface area contributed by atoms with E-state index in [-0.39, 0.29) is 0 Å². The first-order valence-electron chi connectivity index (χ1n) is 9.72. The lowest BCUT2D eigenvalue weighted by Gasteiger charge is -2.27. The van der Waals surface area contributed by atoms with Gasteiger partial charge in [-0.1, -0.05) is 90.9 Å². The highest BCUT2D eigenvalue weighted by Gasteiger charge is 2.27. The molecular formula is C20H41O. The molecule has 0 aliphatic heterocycles. The van der Waals surface area contributed by atoms with Crippen LogP contribution >= 0.6 is 0 Å². The summed E-state index contributed by atoms with van der Waals surface area (Å²) in [7, 11) is 0. The van der Waals surface area contributed by atoms with E-state index in [9.17, 15) is 5.11 Å². The van der Waals surface area contributed by atoms with Crippen molar-refractivity contribution in [3.8, 4) is 0 Å². The van der Waals surface area contributed by atoms with Crippen LogP contribution in [-0.2, 0) is 5.11 Å². The molecule has 0 bridgehead atoms. The van der Waals surface area contributed by atoms with E-state index in [4.69, 9.17) is 0 Å². The molecular weight excluding hydrogens is 256 g/mol. The molecule has 21 heavy (non-hydrogen) atoms. The quantitative estimate of drug-likeness (QED) is 0.282. The molecule has 0 saturated carbocycles. The Morgan fingerprint density at radius 1 is 0.619 bits per heavy atom. The predicted molar refractivity (Wildman–Crippen MR) is 94.2 cm³/mol. The van der Waals surface area contributed by atoms with Crippen molar-refractivity contribution in [2.75, 3.05) is 0 Å². The monoisotopic (exact) mass is 297 g/mol. The zero-order valence-electron chi connectivity index (χ0n) is 15.4. The fraction of sp³-hybridized carbons (Fsp3) is 1.00. The minimum absolute atomic E-state index is 0.384. The van der Waals surface area contributed by atoms with E-state index in [0.717, 1.165) is 12.8 Å². The Morgan fingerprint density at radius 2 is 0.952 bits per heavy atom. The second-order valence-corrected chi connectivity index (χ2v) is 7.41. The van der Waals surface area contributed by atoms with Gasteiger partial charge in [-0.05, 0) is 32.6 Å². The Labute approximate surface area is 134 Å². The molecule has 127 valence electrons. The molecule has 0 spiro atoms. The van der Waals surface area contributed by atoms with E-state index < -0.39 is 5.60 Å². The van der Waals surface area contributed by atoms with Crippen LogP contribution in [0.25, 0.3) is 0 Å². The first kappa shape index (κ1) is 21.0. The third-order valence-electron chi connectivity index (χ3n) is 4.80. The number of unbranched alkanes of at least 4 members (excludes halogenated alkanes) is 10. The molecule has 1 radical (unpaired) electrons. The Hall–Kier alpha value is -0.0400. The van der Waals surface area contributed by atoms with Crippen LogP contribution in [0.1, 0.15) is 118 Å². The van der Waals surface area contributed by atoms with Gasteiger partial charge in [-0.2, -0.15) is 0 Å². The van der Waals surface area contributed by atoms with E-state index in [0.29, 0.717) is 5.92 Å². The zero-order chi connectivity index (χ0) is 16.0. The number of rotatable bonds is 15. The fourth-order valence-electron chi connectivity index (χ4n) is 3.18. The van der Waals surface area contributed by atoms with Gasteiger partial charge in [0.1, 0.15) is 5.60 Å². The van der Waals surface area contributed by atoms with Crippen LogP contribution in [0, 0.1) is 5.92 Å². The smallest absolute Gasteiger partial charge is 0.101 e. The average Bonchev–Trinajstić information content (AvgIpc) is 2.42. The van der Waals surface area contributed by atoms with Gasteiger partial charge in [0.25, 0.3) is 0 Å². The van der Waals surface area contributed by atoms with E-state index in [1.807, 2.05) is 13.8 Å². The zero-order valence-corrected chi connectivity index (χ0v) is 15.4. The van der Waals surface area contributed by atoms with Crippen molar-refractivity contribution >= 4 is 0 Å². The lowest BCUT2D eigenvalue weighted by atomic mass is 9.82. The maximum Gasteiger partial charge on any atom is 0.101 e. The van der Waals surface area contributed by atoms with Crippen LogP contribution in [0.15, 0.2) is 0 Å². The molecule has 0 fully saturated rings. The van der Waals surface area contributed by atoms with Gasteiger partial charge in [-0.3, -0.25) is 0 Å². The molecule has 0 amide bonds. The van der Waals surface area contributed by atoms with Crippen LogP contribution in [0.5, 0.6) is 0 Å². The first-order valence-corrected chi connectivity index (χ1v) is 9.72. The molecule has 0 saturated heterocycles. The van der Waals surface area contributed by atoms with E-state index in [1.165, 1.54) is 77.0 Å². The third kappa shape index (κ3) is 13.4. The van der Waals surface area contributed by atoms with Crippen molar-refractivity contribution < 1.29 is 5.11 Å². The molecule has 0 N–H and O–H groups in total. The van der Waals surface area contributed by atoms with Gasteiger partial charge >= 0.3 is 0 Å². The minimum atomic E-state index is -0.743. The molecule has 0 heterocycles. The Balaban J connectivity index is 3.74. The minimum Gasteiger partial charge on any atom is -0.230 e. The highest BCUT2D eigenvalue weighted by atomic mass is 16.3. The molecule has 0 aliphatic rings. The van der Waals surface area contributed by atoms with Crippen molar-refractivity contribution in [2.24, 2.45) is 5.92 Å². The molecule has 1 heteroatoms. The summed E-state index contributed by atoms with van der Waals surface area (Å²) in [5.74, 6) is 0.384. The summed E-state index contributed by atoms with van der Waals surface area (Å²) in [6.07, 6.45) is 18.3. The van der Waals surface area contributed by atoms with Crippen molar-refractivity contribution in [2.45, 2.75) is 123 Å². The second-order valence-electron chi connectivity index (χ2n) is 7.41. The molecule has 0 unspecified atom stereocenters. The fourth-order valence-corrected chi connectivity index (χ4v) is 3.18. The Morgan fingerprint density at radius 3 is 1.29 bits per heavy atom. The van der Waals surface area contributed by atoms with E-state index in [2.05, 4.69) is 13.8 Å². The summed E-state index contributed by atoms with van der Waals surface area (Å²) in [5.41, 5.74) is -0.743. The summed E-state index contributed by atoms with van der Waals surface area (Å²) in [6, 6.07) is 0. The standard InChI is InChI=1S/C20H41O/c1-5-7-9-11-13-15-17-19(20(3,4)21)18-16-14-12-10-8-6-2/h19H,5-18H2,1-4H3. The Bertz CT molecular complexity index is 188. The molecule has 0 rings (SSSR count). The maximum atomic E-state index is 12.3. The van der Waals surface area contributed by atoms with E-state index in [1.54, 1.807) is 0 Å². The van der Waals surface area contributed by atoms with Crippen LogP contribution in [0.4, 0.5) is 0 Å². The normalized spacial score (nSPS) is 12.3. The van der Waals surface area contributed by atoms with Crippen molar-refractivity contribution in [1.29, 1.82) is 0 Å². The van der Waals surface area contributed by atoms with E-state index >= 15 is 0 Å². The molecule has 0 aromatic carbocycles. The van der Waals surface area contributed by atoms with Gasteiger partial charge < -0.3 is 0 Å². The van der Waals surface area contributed by atoms with Crippen LogP contribution in [0.3, 0.4) is 0 Å².